The normalized spacial score (nSPS) is 9.25. The molecule has 5 nitrogen and oxygen atoms in total. The second-order valence-electron chi connectivity index (χ2n) is 2.87. The number of esters is 1. The third-order valence-corrected chi connectivity index (χ3v) is 1.94. The van der Waals surface area contributed by atoms with Crippen LogP contribution in [-0.4, -0.2) is 24.0 Å². The summed E-state index contributed by atoms with van der Waals surface area (Å²) in [7, 11) is 0. The molecule has 0 aliphatic carbocycles. The van der Waals surface area contributed by atoms with Gasteiger partial charge in [-0.3, -0.25) is 4.79 Å². The summed E-state index contributed by atoms with van der Waals surface area (Å²) < 4.78 is 4.71. The summed E-state index contributed by atoms with van der Waals surface area (Å²) >= 11 is 0. The van der Waals surface area contributed by atoms with E-state index in [4.69, 9.17) is 10.00 Å². The van der Waals surface area contributed by atoms with Gasteiger partial charge in [-0.05, 0) is 19.1 Å². The molecule has 0 saturated carbocycles. The smallest absolute Gasteiger partial charge is 0.340 e. The van der Waals surface area contributed by atoms with E-state index in [1.54, 1.807) is 13.0 Å². The minimum Gasteiger partial charge on any atom is -0.507 e. The summed E-state index contributed by atoms with van der Waals surface area (Å²) in [4.78, 5) is 22.3. The van der Waals surface area contributed by atoms with E-state index in [2.05, 4.69) is 0 Å². The van der Waals surface area contributed by atoms with Crippen LogP contribution in [0.4, 0.5) is 0 Å². The number of ether oxygens (including phenoxy) is 1. The molecule has 0 aliphatic heterocycles. The Morgan fingerprint density at radius 2 is 2.31 bits per heavy atom. The zero-order valence-electron chi connectivity index (χ0n) is 8.56. The summed E-state index contributed by atoms with van der Waals surface area (Å²) in [5.41, 5.74) is -0.421. The zero-order chi connectivity index (χ0) is 12.1. The summed E-state index contributed by atoms with van der Waals surface area (Å²) in [6, 6.07) is 4.21. The molecule has 0 unspecified atom stereocenters. The minimum atomic E-state index is -0.794. The molecule has 0 amide bonds. The Balaban J connectivity index is 3.43. The lowest BCUT2D eigenvalue weighted by Crippen LogP contribution is -2.10. The fourth-order valence-electron chi connectivity index (χ4n) is 1.24. The van der Waals surface area contributed by atoms with Crippen LogP contribution in [-0.2, 0) is 4.74 Å². The maximum atomic E-state index is 11.5. The maximum Gasteiger partial charge on any atom is 0.340 e. The number of hydrogen-bond donors (Lipinski definition) is 1. The highest BCUT2D eigenvalue weighted by Crippen LogP contribution is 2.23. The Morgan fingerprint density at radius 1 is 1.62 bits per heavy atom. The van der Waals surface area contributed by atoms with Crippen LogP contribution in [0.3, 0.4) is 0 Å². The Labute approximate surface area is 91.9 Å². The Kier molecular flexibility index (Phi) is 3.62. The molecule has 5 heteroatoms. The molecule has 0 radical (unpaired) electrons. The number of phenolic OH excluding ortho intramolecular Hbond substituents is 1. The van der Waals surface area contributed by atoms with E-state index in [1.165, 1.54) is 12.1 Å². The molecule has 16 heavy (non-hydrogen) atoms. The van der Waals surface area contributed by atoms with E-state index < -0.39 is 5.97 Å². The van der Waals surface area contributed by atoms with Crippen LogP contribution in [0, 0.1) is 11.3 Å². The van der Waals surface area contributed by atoms with Crippen molar-refractivity contribution in [3.8, 4) is 11.8 Å². The van der Waals surface area contributed by atoms with Crippen LogP contribution in [0.2, 0.25) is 0 Å². The van der Waals surface area contributed by atoms with E-state index in [1.807, 2.05) is 0 Å². The van der Waals surface area contributed by atoms with Crippen molar-refractivity contribution < 1.29 is 19.4 Å². The molecule has 1 aromatic carbocycles. The Morgan fingerprint density at radius 3 is 2.81 bits per heavy atom. The van der Waals surface area contributed by atoms with Gasteiger partial charge < -0.3 is 9.84 Å². The van der Waals surface area contributed by atoms with Gasteiger partial charge in [-0.25, -0.2) is 4.79 Å². The van der Waals surface area contributed by atoms with E-state index in [0.717, 1.165) is 0 Å². The molecule has 0 spiro atoms. The van der Waals surface area contributed by atoms with Gasteiger partial charge >= 0.3 is 5.97 Å². The van der Waals surface area contributed by atoms with Crippen LogP contribution in [0.5, 0.6) is 5.75 Å². The fourth-order valence-corrected chi connectivity index (χ4v) is 1.24. The standard InChI is InChI=1S/C11H9NO4/c1-2-16-11(15)10-7(5-12)3-4-9(14)8(10)6-13/h3-4,6,14H,2H2,1H3. The number of nitrogens with zero attached hydrogens (tertiary/aromatic N) is 1. The number of nitriles is 1. The van der Waals surface area contributed by atoms with Gasteiger partial charge in [0.15, 0.2) is 6.29 Å². The van der Waals surface area contributed by atoms with E-state index in [0.29, 0.717) is 6.29 Å². The first-order chi connectivity index (χ1) is 7.65. The highest BCUT2D eigenvalue weighted by molar-refractivity contribution is 6.02. The van der Waals surface area contributed by atoms with Crippen molar-refractivity contribution in [3.05, 3.63) is 28.8 Å². The van der Waals surface area contributed by atoms with Crippen LogP contribution in [0.25, 0.3) is 0 Å². The number of aromatic hydroxyl groups is 1. The van der Waals surface area contributed by atoms with Gasteiger partial charge in [0.05, 0.1) is 23.3 Å². The summed E-state index contributed by atoms with van der Waals surface area (Å²) in [6.07, 6.45) is 0.322. The summed E-state index contributed by atoms with van der Waals surface area (Å²) in [6.45, 7) is 1.73. The second-order valence-corrected chi connectivity index (χ2v) is 2.87. The number of carbonyl (C=O) groups is 2. The number of benzene rings is 1. The maximum absolute atomic E-state index is 11.5. The lowest BCUT2D eigenvalue weighted by molar-refractivity contribution is 0.0523. The monoisotopic (exact) mass is 219 g/mol. The van der Waals surface area contributed by atoms with Gasteiger partial charge in [0.1, 0.15) is 11.8 Å². The molecule has 1 rings (SSSR count). The largest absolute Gasteiger partial charge is 0.507 e. The molecule has 0 heterocycles. The van der Waals surface area contributed by atoms with Crippen molar-refractivity contribution in [2.24, 2.45) is 0 Å². The molecule has 0 atom stereocenters. The molecule has 0 fully saturated rings. The van der Waals surface area contributed by atoms with Crippen molar-refractivity contribution in [2.45, 2.75) is 6.92 Å². The zero-order valence-corrected chi connectivity index (χ0v) is 8.56. The first-order valence-electron chi connectivity index (χ1n) is 4.54. The van der Waals surface area contributed by atoms with Crippen LogP contribution < -0.4 is 0 Å². The average Bonchev–Trinajstić information content (AvgIpc) is 2.28. The summed E-state index contributed by atoms with van der Waals surface area (Å²) in [5, 5.41) is 18.2. The molecule has 0 aliphatic rings. The van der Waals surface area contributed by atoms with Gasteiger partial charge in [-0.2, -0.15) is 5.26 Å². The topological polar surface area (TPSA) is 87.4 Å². The van der Waals surface area contributed by atoms with Crippen LogP contribution in [0.1, 0.15) is 33.2 Å². The third-order valence-electron chi connectivity index (χ3n) is 1.94. The van der Waals surface area contributed by atoms with Crippen molar-refractivity contribution in [1.82, 2.24) is 0 Å². The van der Waals surface area contributed by atoms with Crippen molar-refractivity contribution in [2.75, 3.05) is 6.61 Å². The predicted octanol–water partition coefficient (Wildman–Crippen LogP) is 1.25. The van der Waals surface area contributed by atoms with Gasteiger partial charge in [0.2, 0.25) is 0 Å². The SMILES string of the molecule is CCOC(=O)c1c(C#N)ccc(O)c1C=O. The molecule has 0 aromatic heterocycles. The van der Waals surface area contributed by atoms with Crippen molar-refractivity contribution >= 4 is 12.3 Å². The number of carbonyl (C=O) groups excluding carboxylic acids is 2. The Hall–Kier alpha value is -2.35. The van der Waals surface area contributed by atoms with E-state index in [-0.39, 0.29) is 29.0 Å². The molecule has 0 bridgehead atoms. The molecular formula is C11H9NO4. The molecule has 82 valence electrons. The first-order valence-corrected chi connectivity index (χ1v) is 4.54. The van der Waals surface area contributed by atoms with Crippen molar-refractivity contribution in [3.63, 3.8) is 0 Å². The fraction of sp³-hybridized carbons (Fsp3) is 0.182. The number of hydrogen-bond acceptors (Lipinski definition) is 5. The van der Waals surface area contributed by atoms with E-state index in [9.17, 15) is 14.7 Å². The molecule has 1 N–H and O–H groups in total. The highest BCUT2D eigenvalue weighted by Gasteiger charge is 2.20. The van der Waals surface area contributed by atoms with Crippen molar-refractivity contribution in [1.29, 1.82) is 5.26 Å². The number of rotatable bonds is 3. The van der Waals surface area contributed by atoms with Gasteiger partial charge in [-0.15, -0.1) is 0 Å². The quantitative estimate of drug-likeness (QED) is 0.610. The Bertz CT molecular complexity index is 474. The minimum absolute atomic E-state index is 0.00153. The van der Waals surface area contributed by atoms with Gasteiger partial charge in [-0.1, -0.05) is 0 Å². The molecule has 1 aromatic rings. The first kappa shape index (κ1) is 11.7. The van der Waals surface area contributed by atoms with Gasteiger partial charge in [0, 0.05) is 0 Å². The average molecular weight is 219 g/mol. The molecular weight excluding hydrogens is 210 g/mol. The third kappa shape index (κ3) is 2.01. The predicted molar refractivity (Wildman–Crippen MR) is 54.2 cm³/mol. The second kappa shape index (κ2) is 4.94. The lowest BCUT2D eigenvalue weighted by Gasteiger charge is -2.07. The van der Waals surface area contributed by atoms with E-state index >= 15 is 0 Å². The lowest BCUT2D eigenvalue weighted by atomic mass is 10.0. The summed E-state index contributed by atoms with van der Waals surface area (Å²) in [5.74, 6) is -1.14. The molecule has 0 saturated heterocycles. The van der Waals surface area contributed by atoms with Crippen LogP contribution in [0.15, 0.2) is 12.1 Å². The highest BCUT2D eigenvalue weighted by atomic mass is 16.5. The van der Waals surface area contributed by atoms with Crippen LogP contribution >= 0.6 is 0 Å². The number of phenols is 1. The number of aldehydes is 1. The van der Waals surface area contributed by atoms with Gasteiger partial charge in [0.25, 0.3) is 0 Å².